The Balaban J connectivity index is 2.66. The molecule has 0 unspecified atom stereocenters. The number of rotatable bonds is 14. The van der Waals surface area contributed by atoms with E-state index < -0.39 is 5.60 Å². The van der Waals surface area contributed by atoms with Crippen molar-refractivity contribution in [3.63, 3.8) is 0 Å². The highest BCUT2D eigenvalue weighted by molar-refractivity contribution is 5.97. The number of ketones is 1. The molecule has 3 heteroatoms. The van der Waals surface area contributed by atoms with Crippen molar-refractivity contribution in [2.45, 2.75) is 93.8 Å². The molecule has 1 aliphatic rings. The molecule has 0 amide bonds. The van der Waals surface area contributed by atoms with Crippen molar-refractivity contribution in [3.8, 4) is 0 Å². The summed E-state index contributed by atoms with van der Waals surface area (Å²) in [6, 6.07) is 0. The van der Waals surface area contributed by atoms with E-state index in [4.69, 9.17) is 4.74 Å². The molecule has 0 saturated carbocycles. The molecule has 0 saturated heterocycles. The fraction of sp³-hybridized carbons (Fsp3) is 0.390. The third kappa shape index (κ3) is 15.3. The monoisotopic (exact) mass is 596 g/mol. The molecule has 238 valence electrons. The summed E-state index contributed by atoms with van der Waals surface area (Å²) in [6.45, 7) is 20.2. The second kappa shape index (κ2) is 19.0. The topological polar surface area (TPSA) is 46.5 Å². The van der Waals surface area contributed by atoms with Gasteiger partial charge in [-0.25, -0.2) is 0 Å². The molecule has 0 bridgehead atoms. The van der Waals surface area contributed by atoms with E-state index in [9.17, 15) is 9.90 Å². The summed E-state index contributed by atoms with van der Waals surface area (Å²) in [6.07, 6.45) is 36.1. The first-order valence-corrected chi connectivity index (χ1v) is 15.5. The molecule has 0 aromatic rings. The number of Topliss-reactive ketones (excluding diaryl/α,β-unsaturated/α-hetero) is 1. The van der Waals surface area contributed by atoms with Gasteiger partial charge in [0.1, 0.15) is 6.10 Å². The fourth-order valence-electron chi connectivity index (χ4n) is 4.56. The Bertz CT molecular complexity index is 1350. The zero-order valence-corrected chi connectivity index (χ0v) is 29.1. The summed E-state index contributed by atoms with van der Waals surface area (Å²) in [5.41, 5.74) is 6.86. The first-order valence-electron chi connectivity index (χ1n) is 15.5. The Morgan fingerprint density at radius 2 is 1.16 bits per heavy atom. The van der Waals surface area contributed by atoms with Gasteiger partial charge in [-0.05, 0) is 78.4 Å². The zero-order chi connectivity index (χ0) is 33.3. The summed E-state index contributed by atoms with van der Waals surface area (Å²) in [5, 5.41) is 10.1. The maximum Gasteiger partial charge on any atom is 0.158 e. The van der Waals surface area contributed by atoms with Gasteiger partial charge in [0.15, 0.2) is 5.78 Å². The minimum Gasteiger partial charge on any atom is -0.387 e. The summed E-state index contributed by atoms with van der Waals surface area (Å²) in [5.74, 6) is 0.269. The van der Waals surface area contributed by atoms with Crippen LogP contribution in [-0.2, 0) is 9.53 Å². The molecule has 3 nitrogen and oxygen atoms in total. The van der Waals surface area contributed by atoms with Crippen LogP contribution in [0.15, 0.2) is 142 Å². The number of allylic oxidation sites excluding steroid dienone is 23. The summed E-state index contributed by atoms with van der Waals surface area (Å²) < 4.78 is 5.34. The molecule has 0 fully saturated rings. The highest BCUT2D eigenvalue weighted by Crippen LogP contribution is 2.39. The molecule has 44 heavy (non-hydrogen) atoms. The van der Waals surface area contributed by atoms with Crippen LogP contribution < -0.4 is 0 Å². The Labute approximate surface area is 268 Å². The molecular formula is C41H56O3. The van der Waals surface area contributed by atoms with E-state index >= 15 is 0 Å². The van der Waals surface area contributed by atoms with Crippen molar-refractivity contribution in [2.24, 2.45) is 5.41 Å². The Hall–Kier alpha value is -3.53. The number of aliphatic hydroxyl groups is 1. The minimum atomic E-state index is -0.923. The van der Waals surface area contributed by atoms with Gasteiger partial charge in [-0.15, -0.1) is 0 Å². The molecule has 1 N–H and O–H groups in total. The lowest BCUT2D eigenvalue weighted by atomic mass is 9.72. The third-order valence-corrected chi connectivity index (χ3v) is 7.51. The molecule has 0 aromatic carbocycles. The van der Waals surface area contributed by atoms with Gasteiger partial charge in [-0.3, -0.25) is 4.79 Å². The number of carbonyl (C=O) groups is 1. The first kappa shape index (κ1) is 38.5. The van der Waals surface area contributed by atoms with Crippen LogP contribution in [0.3, 0.4) is 0 Å². The maximum atomic E-state index is 12.2. The smallest absolute Gasteiger partial charge is 0.158 e. The van der Waals surface area contributed by atoms with Crippen LogP contribution in [-0.4, -0.2) is 29.7 Å². The van der Waals surface area contributed by atoms with Crippen LogP contribution in [0.5, 0.6) is 0 Å². The highest BCUT2D eigenvalue weighted by atomic mass is 16.5. The van der Waals surface area contributed by atoms with E-state index in [2.05, 4.69) is 108 Å². The van der Waals surface area contributed by atoms with Gasteiger partial charge >= 0.3 is 0 Å². The Morgan fingerprint density at radius 3 is 1.59 bits per heavy atom. The zero-order valence-electron chi connectivity index (χ0n) is 29.1. The van der Waals surface area contributed by atoms with E-state index in [-0.39, 0.29) is 17.3 Å². The first-order chi connectivity index (χ1) is 20.6. The molecule has 1 atom stereocenters. The number of methoxy groups -OCH3 is 1. The Morgan fingerprint density at radius 1 is 0.750 bits per heavy atom. The standard InChI is InChI=1S/C41H56O3/c1-31(19-14-21-33(3)22-16-24-35(5)26-28-39(44-11)41(9,10)43)17-12-13-18-32(2)20-15-23-34(4)25-27-37-36(6)38(42)29-30-40(37,7)8/h12-28,39,43H,29-30H2,1-11H3/b13-12+,19-14+,20-15+,22-16+,27-25+,28-26+,31-17+,32-18+,33-21+,34-23+,35-24+/t39-/m0/s1. The molecule has 0 aromatic heterocycles. The van der Waals surface area contributed by atoms with E-state index in [1.54, 1.807) is 21.0 Å². The molecule has 0 spiro atoms. The number of hydrogen-bond acceptors (Lipinski definition) is 3. The number of hydrogen-bond donors (Lipinski definition) is 1. The average molecular weight is 597 g/mol. The summed E-state index contributed by atoms with van der Waals surface area (Å²) >= 11 is 0. The van der Waals surface area contributed by atoms with Crippen molar-refractivity contribution in [1.82, 2.24) is 0 Å². The fourth-order valence-corrected chi connectivity index (χ4v) is 4.56. The predicted octanol–water partition coefficient (Wildman–Crippen LogP) is 10.5. The van der Waals surface area contributed by atoms with Crippen LogP contribution in [0, 0.1) is 5.41 Å². The lowest BCUT2D eigenvalue weighted by Crippen LogP contribution is -2.35. The molecule has 1 rings (SSSR count). The van der Waals surface area contributed by atoms with E-state index in [1.165, 1.54) is 0 Å². The summed E-state index contributed by atoms with van der Waals surface area (Å²) in [7, 11) is 1.60. The molecule has 0 radical (unpaired) electrons. The van der Waals surface area contributed by atoms with Gasteiger partial charge in [0, 0.05) is 13.5 Å². The summed E-state index contributed by atoms with van der Waals surface area (Å²) in [4.78, 5) is 12.2. The number of ether oxygens (including phenoxy) is 1. The van der Waals surface area contributed by atoms with Gasteiger partial charge < -0.3 is 9.84 Å². The van der Waals surface area contributed by atoms with Crippen LogP contribution in [0.1, 0.15) is 82.1 Å². The molecule has 0 aliphatic heterocycles. The van der Waals surface area contributed by atoms with Crippen molar-refractivity contribution < 1.29 is 14.6 Å². The number of carbonyl (C=O) groups excluding carboxylic acids is 1. The molecular weight excluding hydrogens is 540 g/mol. The third-order valence-electron chi connectivity index (χ3n) is 7.51. The van der Waals surface area contributed by atoms with Gasteiger partial charge in [-0.1, -0.05) is 145 Å². The van der Waals surface area contributed by atoms with Crippen LogP contribution in [0.2, 0.25) is 0 Å². The highest BCUT2D eigenvalue weighted by Gasteiger charge is 2.30. The lowest BCUT2D eigenvalue weighted by Gasteiger charge is -2.32. The van der Waals surface area contributed by atoms with Gasteiger partial charge in [0.25, 0.3) is 0 Å². The second-order valence-corrected chi connectivity index (χ2v) is 12.9. The van der Waals surface area contributed by atoms with Gasteiger partial charge in [0.2, 0.25) is 0 Å². The Kier molecular flexibility index (Phi) is 16.6. The van der Waals surface area contributed by atoms with Crippen molar-refractivity contribution >= 4 is 5.78 Å². The predicted molar refractivity (Wildman–Crippen MR) is 191 cm³/mol. The average Bonchev–Trinajstić information content (AvgIpc) is 2.93. The van der Waals surface area contributed by atoms with Gasteiger partial charge in [0.05, 0.1) is 5.60 Å². The van der Waals surface area contributed by atoms with Crippen molar-refractivity contribution in [1.29, 1.82) is 0 Å². The van der Waals surface area contributed by atoms with Crippen LogP contribution in [0.25, 0.3) is 0 Å². The lowest BCUT2D eigenvalue weighted by molar-refractivity contribution is -0.116. The molecule has 0 heterocycles. The van der Waals surface area contributed by atoms with Crippen LogP contribution >= 0.6 is 0 Å². The van der Waals surface area contributed by atoms with Gasteiger partial charge in [-0.2, -0.15) is 0 Å². The van der Waals surface area contributed by atoms with E-state index in [0.29, 0.717) is 6.42 Å². The van der Waals surface area contributed by atoms with Crippen LogP contribution in [0.4, 0.5) is 0 Å². The quantitative estimate of drug-likeness (QED) is 0.203. The van der Waals surface area contributed by atoms with Crippen molar-refractivity contribution in [2.75, 3.05) is 7.11 Å². The molecule has 1 aliphatic carbocycles. The SMILES string of the molecule is CO[C@@H](/C=C/C(C)=C/C=C/C(C)=C/C=C/C(C)=C/C=C/C=C(C)/C=C/C=C(C)/C=C/C1=C(C)C(=O)CCC1(C)C)C(C)(C)O. The maximum absolute atomic E-state index is 12.2. The largest absolute Gasteiger partial charge is 0.387 e. The van der Waals surface area contributed by atoms with E-state index in [0.717, 1.165) is 45.4 Å². The second-order valence-electron chi connectivity index (χ2n) is 12.9. The van der Waals surface area contributed by atoms with Crippen molar-refractivity contribution in [3.05, 3.63) is 142 Å². The van der Waals surface area contributed by atoms with E-state index in [1.807, 2.05) is 50.3 Å². The normalized spacial score (nSPS) is 19.5. The minimum absolute atomic E-state index is 0.0384.